The average Bonchev–Trinajstić information content (AvgIpc) is 2.70. The summed E-state index contributed by atoms with van der Waals surface area (Å²) in [5, 5.41) is 0. The monoisotopic (exact) mass is 380 g/mol. The Morgan fingerprint density at radius 2 is 1.89 bits per heavy atom. The van der Waals surface area contributed by atoms with Crippen molar-refractivity contribution in [3.05, 3.63) is 77.6 Å². The van der Waals surface area contributed by atoms with Gasteiger partial charge in [0, 0.05) is 30.8 Å². The second-order valence-corrected chi connectivity index (χ2v) is 7.24. The van der Waals surface area contributed by atoms with E-state index in [0.29, 0.717) is 0 Å². The van der Waals surface area contributed by atoms with E-state index in [0.717, 1.165) is 54.9 Å². The van der Waals surface area contributed by atoms with Crippen molar-refractivity contribution in [3.63, 3.8) is 0 Å². The lowest BCUT2D eigenvalue weighted by Gasteiger charge is -2.33. The van der Waals surface area contributed by atoms with Gasteiger partial charge in [-0.05, 0) is 54.8 Å². The van der Waals surface area contributed by atoms with E-state index >= 15 is 0 Å². The van der Waals surface area contributed by atoms with Crippen LogP contribution >= 0.6 is 0 Å². The normalized spacial score (nSPS) is 17.6. The molecule has 0 aliphatic carbocycles. The van der Waals surface area contributed by atoms with Gasteiger partial charge in [0.1, 0.15) is 11.6 Å². The van der Waals surface area contributed by atoms with Gasteiger partial charge in [0.05, 0.1) is 5.69 Å². The summed E-state index contributed by atoms with van der Waals surface area (Å²) < 4.78 is 26.9. The Bertz CT molecular complexity index is 959. The largest absolute Gasteiger partial charge is 0.368 e. The molecule has 4 rings (SSSR count). The number of likely N-dealkylation sites (tertiary alicyclic amines) is 1. The number of hydrogen-bond donors (Lipinski definition) is 1. The van der Waals surface area contributed by atoms with Crippen LogP contribution in [0.1, 0.15) is 30.0 Å². The van der Waals surface area contributed by atoms with E-state index in [9.17, 15) is 8.78 Å². The van der Waals surface area contributed by atoms with Gasteiger partial charge in [-0.1, -0.05) is 24.3 Å². The maximum absolute atomic E-state index is 13.7. The van der Waals surface area contributed by atoms with Crippen molar-refractivity contribution >= 4 is 5.95 Å². The van der Waals surface area contributed by atoms with Crippen LogP contribution in [0.15, 0.2) is 54.7 Å². The highest BCUT2D eigenvalue weighted by molar-refractivity contribution is 5.66. The van der Waals surface area contributed by atoms with E-state index < -0.39 is 0 Å². The molecule has 28 heavy (non-hydrogen) atoms. The number of hydrogen-bond acceptors (Lipinski definition) is 4. The number of halogens is 2. The third kappa shape index (κ3) is 4.17. The van der Waals surface area contributed by atoms with E-state index in [2.05, 4.69) is 14.9 Å². The van der Waals surface area contributed by atoms with Crippen molar-refractivity contribution in [1.29, 1.82) is 0 Å². The van der Waals surface area contributed by atoms with Gasteiger partial charge in [-0.25, -0.2) is 18.7 Å². The van der Waals surface area contributed by atoms with Crippen molar-refractivity contribution in [2.75, 3.05) is 18.8 Å². The number of rotatable bonds is 4. The zero-order chi connectivity index (χ0) is 19.5. The first kappa shape index (κ1) is 18.5. The predicted octanol–water partition coefficient (Wildman–Crippen LogP) is 4.38. The third-order valence-corrected chi connectivity index (χ3v) is 5.18. The Kier molecular flexibility index (Phi) is 5.30. The molecule has 1 aliphatic heterocycles. The van der Waals surface area contributed by atoms with Crippen LogP contribution in [0.25, 0.3) is 11.1 Å². The summed E-state index contributed by atoms with van der Waals surface area (Å²) >= 11 is 0. The molecule has 1 saturated heterocycles. The minimum atomic E-state index is -0.290. The van der Waals surface area contributed by atoms with Gasteiger partial charge in [0.2, 0.25) is 5.95 Å². The lowest BCUT2D eigenvalue weighted by molar-refractivity contribution is 0.198. The molecule has 0 bridgehead atoms. The van der Waals surface area contributed by atoms with Gasteiger partial charge in [-0.2, -0.15) is 0 Å². The Morgan fingerprint density at radius 1 is 1.07 bits per heavy atom. The van der Waals surface area contributed by atoms with Crippen LogP contribution in [0, 0.1) is 11.6 Å². The molecule has 1 fully saturated rings. The van der Waals surface area contributed by atoms with Gasteiger partial charge < -0.3 is 5.73 Å². The zero-order valence-corrected chi connectivity index (χ0v) is 15.5. The van der Waals surface area contributed by atoms with Crippen molar-refractivity contribution in [3.8, 4) is 11.1 Å². The van der Waals surface area contributed by atoms with Crippen molar-refractivity contribution in [2.24, 2.45) is 0 Å². The first-order valence-corrected chi connectivity index (χ1v) is 9.43. The smallest absolute Gasteiger partial charge is 0.220 e. The zero-order valence-electron chi connectivity index (χ0n) is 15.5. The quantitative estimate of drug-likeness (QED) is 0.730. The Hall–Kier alpha value is -2.86. The Morgan fingerprint density at radius 3 is 2.68 bits per heavy atom. The third-order valence-electron chi connectivity index (χ3n) is 5.18. The lowest BCUT2D eigenvalue weighted by atomic mass is 9.89. The summed E-state index contributed by atoms with van der Waals surface area (Å²) in [4.78, 5) is 11.0. The number of piperidine rings is 1. The Balaban J connectivity index is 1.59. The van der Waals surface area contributed by atoms with Crippen LogP contribution in [-0.4, -0.2) is 28.0 Å². The minimum Gasteiger partial charge on any atom is -0.368 e. The van der Waals surface area contributed by atoms with Crippen LogP contribution in [-0.2, 0) is 6.54 Å². The fourth-order valence-corrected chi connectivity index (χ4v) is 3.87. The molecule has 0 radical (unpaired) electrons. The SMILES string of the molecule is Nc1ncc(-c2cccc(F)c2)c([C@@H]2CCCN(Cc3ccc(F)cc3)C2)n1. The molecular weight excluding hydrogens is 358 g/mol. The molecule has 1 aliphatic rings. The fourth-order valence-electron chi connectivity index (χ4n) is 3.87. The topological polar surface area (TPSA) is 55.0 Å². The number of nitrogens with two attached hydrogens (primary N) is 1. The summed E-state index contributed by atoms with van der Waals surface area (Å²) in [6.45, 7) is 2.55. The number of benzene rings is 2. The van der Waals surface area contributed by atoms with Gasteiger partial charge >= 0.3 is 0 Å². The van der Waals surface area contributed by atoms with Crippen LogP contribution in [0.5, 0.6) is 0 Å². The van der Waals surface area contributed by atoms with Gasteiger partial charge in [0.15, 0.2) is 0 Å². The number of anilines is 1. The maximum Gasteiger partial charge on any atom is 0.220 e. The second-order valence-electron chi connectivity index (χ2n) is 7.24. The van der Waals surface area contributed by atoms with E-state index in [1.54, 1.807) is 12.3 Å². The highest BCUT2D eigenvalue weighted by Crippen LogP contribution is 2.34. The van der Waals surface area contributed by atoms with Crippen LogP contribution in [0.3, 0.4) is 0 Å². The van der Waals surface area contributed by atoms with Crippen molar-refractivity contribution in [1.82, 2.24) is 14.9 Å². The maximum atomic E-state index is 13.7. The highest BCUT2D eigenvalue weighted by atomic mass is 19.1. The fraction of sp³-hybridized carbons (Fsp3) is 0.273. The molecule has 2 N–H and O–H groups in total. The molecule has 0 unspecified atom stereocenters. The first-order valence-electron chi connectivity index (χ1n) is 9.43. The van der Waals surface area contributed by atoms with Crippen LogP contribution in [0.4, 0.5) is 14.7 Å². The molecule has 1 aromatic heterocycles. The van der Waals surface area contributed by atoms with Gasteiger partial charge in [-0.15, -0.1) is 0 Å². The molecule has 0 saturated carbocycles. The molecule has 6 heteroatoms. The summed E-state index contributed by atoms with van der Waals surface area (Å²) in [6, 6.07) is 13.1. The Labute approximate surface area is 163 Å². The van der Waals surface area contributed by atoms with E-state index in [1.165, 1.54) is 24.3 Å². The molecule has 144 valence electrons. The van der Waals surface area contributed by atoms with Gasteiger partial charge in [0.25, 0.3) is 0 Å². The van der Waals surface area contributed by atoms with E-state index in [-0.39, 0.29) is 23.5 Å². The summed E-state index contributed by atoms with van der Waals surface area (Å²) in [5.74, 6) is -0.109. The predicted molar refractivity (Wildman–Crippen MR) is 105 cm³/mol. The first-order chi connectivity index (χ1) is 13.6. The lowest BCUT2D eigenvalue weighted by Crippen LogP contribution is -2.34. The number of nitrogens with zero attached hydrogens (tertiary/aromatic N) is 3. The molecule has 2 heterocycles. The van der Waals surface area contributed by atoms with E-state index in [1.807, 2.05) is 18.2 Å². The molecule has 3 aromatic rings. The second kappa shape index (κ2) is 8.02. The van der Waals surface area contributed by atoms with Gasteiger partial charge in [-0.3, -0.25) is 4.90 Å². The molecule has 0 spiro atoms. The molecule has 0 amide bonds. The number of nitrogen functional groups attached to an aromatic ring is 1. The summed E-state index contributed by atoms with van der Waals surface area (Å²) in [5.41, 5.74) is 9.39. The van der Waals surface area contributed by atoms with Crippen molar-refractivity contribution in [2.45, 2.75) is 25.3 Å². The minimum absolute atomic E-state index is 0.178. The highest BCUT2D eigenvalue weighted by Gasteiger charge is 2.25. The molecule has 2 aromatic carbocycles. The standard InChI is InChI=1S/C22H22F2N4/c23-18-8-6-15(7-9-18)13-28-10-2-4-17(14-28)21-20(12-26-22(25)27-21)16-3-1-5-19(24)11-16/h1,3,5-9,11-12,17H,2,4,10,13-14H2,(H2,25,26,27)/t17-/m1/s1. The van der Waals surface area contributed by atoms with Crippen LogP contribution < -0.4 is 5.73 Å². The van der Waals surface area contributed by atoms with Crippen LogP contribution in [0.2, 0.25) is 0 Å². The molecule has 1 atom stereocenters. The molecule has 4 nitrogen and oxygen atoms in total. The summed E-state index contributed by atoms with van der Waals surface area (Å²) in [6.07, 6.45) is 3.70. The average molecular weight is 380 g/mol. The molecular formula is C22H22F2N4. The van der Waals surface area contributed by atoms with E-state index in [4.69, 9.17) is 5.73 Å². The number of aromatic nitrogens is 2. The van der Waals surface area contributed by atoms with Crippen molar-refractivity contribution < 1.29 is 8.78 Å². The summed E-state index contributed by atoms with van der Waals surface area (Å²) in [7, 11) is 0.